The Balaban J connectivity index is 2.25. The van der Waals surface area contributed by atoms with Crippen LogP contribution in [0, 0.1) is 13.8 Å². The highest BCUT2D eigenvalue weighted by atomic mass is 32.2. The molecule has 0 aliphatic carbocycles. The maximum Gasteiger partial charge on any atom is 0.318 e. The molecule has 26 heavy (non-hydrogen) atoms. The van der Waals surface area contributed by atoms with Gasteiger partial charge in [-0.15, -0.1) is 0 Å². The van der Waals surface area contributed by atoms with E-state index in [-0.39, 0.29) is 11.5 Å². The number of aromatic nitrogens is 2. The summed E-state index contributed by atoms with van der Waals surface area (Å²) < 4.78 is 6.38. The molecule has 0 amide bonds. The molecule has 134 valence electrons. The summed E-state index contributed by atoms with van der Waals surface area (Å²) in [5, 5.41) is 0.529. The van der Waals surface area contributed by atoms with Crippen LogP contribution in [0.15, 0.2) is 52.4 Å². The van der Waals surface area contributed by atoms with E-state index >= 15 is 0 Å². The second kappa shape index (κ2) is 7.33. The molecule has 1 unspecified atom stereocenters. The monoisotopic (exact) mass is 368 g/mol. The number of methoxy groups -OCH3 is 1. The lowest BCUT2D eigenvalue weighted by atomic mass is 10.1. The molecule has 0 N–H and O–H groups in total. The molecule has 0 aliphatic heterocycles. The van der Waals surface area contributed by atoms with Gasteiger partial charge in [-0.2, -0.15) is 0 Å². The number of rotatable bonds is 4. The minimum absolute atomic E-state index is 0.154. The Morgan fingerprint density at radius 1 is 1.15 bits per heavy atom. The zero-order valence-corrected chi connectivity index (χ0v) is 16.0. The first-order valence-electron chi connectivity index (χ1n) is 8.26. The summed E-state index contributed by atoms with van der Waals surface area (Å²) in [6, 6.07) is 13.1. The van der Waals surface area contributed by atoms with Gasteiger partial charge in [0.05, 0.1) is 23.7 Å². The second-order valence-electron chi connectivity index (χ2n) is 6.10. The van der Waals surface area contributed by atoms with Crippen molar-refractivity contribution in [2.24, 2.45) is 0 Å². The van der Waals surface area contributed by atoms with Gasteiger partial charge in [0.1, 0.15) is 5.25 Å². The number of nitrogens with zero attached hydrogens (tertiary/aromatic N) is 2. The standard InChI is InChI=1S/C20H20N2O3S/c1-12-9-10-15(11-13(12)2)22-18(23)16-7-5-6-8-17(16)21-20(22)26-14(3)19(24)25-4/h5-11,14H,1-4H3. The number of benzene rings is 2. The van der Waals surface area contributed by atoms with Crippen molar-refractivity contribution in [3.8, 4) is 5.69 Å². The van der Waals surface area contributed by atoms with E-state index in [1.807, 2.05) is 44.2 Å². The summed E-state index contributed by atoms with van der Waals surface area (Å²) >= 11 is 1.21. The Kier molecular flexibility index (Phi) is 5.13. The summed E-state index contributed by atoms with van der Waals surface area (Å²) in [5.41, 5.74) is 3.42. The van der Waals surface area contributed by atoms with E-state index in [2.05, 4.69) is 4.98 Å². The average molecular weight is 368 g/mol. The van der Waals surface area contributed by atoms with Crippen molar-refractivity contribution >= 4 is 28.6 Å². The van der Waals surface area contributed by atoms with Crippen molar-refractivity contribution in [3.05, 3.63) is 63.9 Å². The normalized spacial score (nSPS) is 12.2. The third kappa shape index (κ3) is 3.37. The van der Waals surface area contributed by atoms with E-state index in [1.54, 1.807) is 23.6 Å². The summed E-state index contributed by atoms with van der Waals surface area (Å²) in [6.45, 7) is 5.76. The lowest BCUT2D eigenvalue weighted by molar-refractivity contribution is -0.139. The molecule has 1 atom stereocenters. The fraction of sp³-hybridized carbons (Fsp3) is 0.250. The second-order valence-corrected chi connectivity index (χ2v) is 7.41. The van der Waals surface area contributed by atoms with Gasteiger partial charge in [-0.3, -0.25) is 14.2 Å². The topological polar surface area (TPSA) is 61.2 Å². The molecule has 6 heteroatoms. The Morgan fingerprint density at radius 2 is 1.88 bits per heavy atom. The van der Waals surface area contributed by atoms with Crippen LogP contribution in [0.1, 0.15) is 18.1 Å². The summed E-state index contributed by atoms with van der Waals surface area (Å²) in [7, 11) is 1.35. The fourth-order valence-electron chi connectivity index (χ4n) is 2.66. The molecule has 1 aromatic heterocycles. The molecular formula is C20H20N2O3S. The number of esters is 1. The molecule has 2 aromatic carbocycles. The van der Waals surface area contributed by atoms with Crippen molar-refractivity contribution in [2.45, 2.75) is 31.2 Å². The Bertz CT molecular complexity index is 1040. The van der Waals surface area contributed by atoms with Crippen molar-refractivity contribution in [3.63, 3.8) is 0 Å². The highest BCUT2D eigenvalue weighted by molar-refractivity contribution is 8.00. The van der Waals surface area contributed by atoms with Crippen LogP contribution in [0.2, 0.25) is 0 Å². The third-order valence-corrected chi connectivity index (χ3v) is 5.34. The number of carbonyl (C=O) groups is 1. The van der Waals surface area contributed by atoms with Crippen LogP contribution >= 0.6 is 11.8 Å². The Hall–Kier alpha value is -2.60. The zero-order chi connectivity index (χ0) is 18.8. The molecule has 0 fully saturated rings. The van der Waals surface area contributed by atoms with Crippen molar-refractivity contribution in [1.29, 1.82) is 0 Å². The van der Waals surface area contributed by atoms with Crippen LogP contribution in [0.25, 0.3) is 16.6 Å². The van der Waals surface area contributed by atoms with Crippen LogP contribution in [0.5, 0.6) is 0 Å². The van der Waals surface area contributed by atoms with Crippen LogP contribution in [-0.2, 0) is 9.53 Å². The van der Waals surface area contributed by atoms with E-state index in [0.717, 1.165) is 16.8 Å². The van der Waals surface area contributed by atoms with Gasteiger partial charge in [0, 0.05) is 0 Å². The lowest BCUT2D eigenvalue weighted by Crippen LogP contribution is -2.24. The first kappa shape index (κ1) is 18.2. The predicted octanol–water partition coefficient (Wildman–Crippen LogP) is 3.66. The van der Waals surface area contributed by atoms with Crippen molar-refractivity contribution in [1.82, 2.24) is 9.55 Å². The first-order valence-corrected chi connectivity index (χ1v) is 9.14. The largest absolute Gasteiger partial charge is 0.468 e. The minimum Gasteiger partial charge on any atom is -0.468 e. The molecule has 0 spiro atoms. The maximum absolute atomic E-state index is 13.2. The van der Waals surface area contributed by atoms with Crippen LogP contribution < -0.4 is 5.56 Å². The van der Waals surface area contributed by atoms with Gasteiger partial charge < -0.3 is 4.74 Å². The van der Waals surface area contributed by atoms with Crippen molar-refractivity contribution in [2.75, 3.05) is 7.11 Å². The minimum atomic E-state index is -0.481. The third-order valence-electron chi connectivity index (χ3n) is 4.31. The summed E-state index contributed by atoms with van der Waals surface area (Å²) in [4.78, 5) is 29.7. The summed E-state index contributed by atoms with van der Waals surface area (Å²) in [5.74, 6) is -0.357. The number of hydrogen-bond acceptors (Lipinski definition) is 5. The Labute approximate surface area is 156 Å². The molecule has 0 bridgehead atoms. The molecule has 0 saturated heterocycles. The maximum atomic E-state index is 13.2. The van der Waals surface area contributed by atoms with E-state index in [1.165, 1.54) is 18.9 Å². The predicted molar refractivity (Wildman–Crippen MR) is 104 cm³/mol. The van der Waals surface area contributed by atoms with Crippen LogP contribution in [0.4, 0.5) is 0 Å². The number of ether oxygens (including phenoxy) is 1. The lowest BCUT2D eigenvalue weighted by Gasteiger charge is -2.16. The Morgan fingerprint density at radius 3 is 2.58 bits per heavy atom. The van der Waals surface area contributed by atoms with Gasteiger partial charge in [0.15, 0.2) is 5.16 Å². The van der Waals surface area contributed by atoms with Crippen molar-refractivity contribution < 1.29 is 9.53 Å². The molecule has 0 aliphatic rings. The van der Waals surface area contributed by atoms with Gasteiger partial charge in [-0.25, -0.2) is 4.98 Å². The highest BCUT2D eigenvalue weighted by Crippen LogP contribution is 2.26. The van der Waals surface area contributed by atoms with Crippen LogP contribution in [-0.4, -0.2) is 27.9 Å². The molecule has 1 heterocycles. The smallest absolute Gasteiger partial charge is 0.318 e. The number of carbonyl (C=O) groups excluding carboxylic acids is 1. The molecule has 5 nitrogen and oxygen atoms in total. The summed E-state index contributed by atoms with van der Waals surface area (Å²) in [6.07, 6.45) is 0. The first-order chi connectivity index (χ1) is 12.4. The average Bonchev–Trinajstić information content (AvgIpc) is 2.64. The van der Waals surface area contributed by atoms with E-state index in [9.17, 15) is 9.59 Å². The number of para-hydroxylation sites is 1. The quantitative estimate of drug-likeness (QED) is 0.400. The van der Waals surface area contributed by atoms with Gasteiger partial charge >= 0.3 is 5.97 Å². The zero-order valence-electron chi connectivity index (χ0n) is 15.1. The van der Waals surface area contributed by atoms with Crippen LogP contribution in [0.3, 0.4) is 0 Å². The number of aryl methyl sites for hydroxylation is 2. The highest BCUT2D eigenvalue weighted by Gasteiger charge is 2.20. The SMILES string of the molecule is COC(=O)C(C)Sc1nc2ccccc2c(=O)n1-c1ccc(C)c(C)c1. The number of hydrogen-bond donors (Lipinski definition) is 0. The van der Waals surface area contributed by atoms with E-state index in [4.69, 9.17) is 4.74 Å². The van der Waals surface area contributed by atoms with Gasteiger partial charge in [-0.05, 0) is 56.2 Å². The fourth-order valence-corrected chi connectivity index (χ4v) is 3.61. The number of thioether (sulfide) groups is 1. The van der Waals surface area contributed by atoms with Gasteiger partial charge in [-0.1, -0.05) is 30.0 Å². The number of fused-ring (bicyclic) bond motifs is 1. The molecular weight excluding hydrogens is 348 g/mol. The molecule has 3 rings (SSSR count). The van der Waals surface area contributed by atoms with E-state index < -0.39 is 5.25 Å². The van der Waals surface area contributed by atoms with Gasteiger partial charge in [0.2, 0.25) is 0 Å². The van der Waals surface area contributed by atoms with E-state index in [0.29, 0.717) is 16.1 Å². The molecule has 0 saturated carbocycles. The molecule has 0 radical (unpaired) electrons. The molecule has 3 aromatic rings. The van der Waals surface area contributed by atoms with Gasteiger partial charge in [0.25, 0.3) is 5.56 Å².